The third kappa shape index (κ3) is 1.88. The number of nitrogens with zero attached hydrogens (tertiary/aromatic N) is 3. The van der Waals surface area contributed by atoms with E-state index in [1.165, 1.54) is 0 Å². The molecule has 2 aromatic heterocycles. The minimum Gasteiger partial charge on any atom is -0.495 e. The van der Waals surface area contributed by atoms with E-state index in [1.807, 2.05) is 39.2 Å². The van der Waals surface area contributed by atoms with Crippen LogP contribution in [0.4, 0.5) is 5.82 Å². The van der Waals surface area contributed by atoms with E-state index in [1.54, 1.807) is 11.8 Å². The van der Waals surface area contributed by atoms with Crippen LogP contribution in [0.1, 0.15) is 5.69 Å². The summed E-state index contributed by atoms with van der Waals surface area (Å²) in [6.45, 7) is 2.04. The lowest BCUT2D eigenvalue weighted by molar-refractivity contribution is 0.418. The first kappa shape index (κ1) is 13.8. The first-order chi connectivity index (χ1) is 9.95. The Hall–Kier alpha value is -2.14. The molecule has 0 fully saturated rings. The molecule has 0 amide bonds. The Morgan fingerprint density at radius 3 is 2.57 bits per heavy atom. The first-order valence-corrected chi connectivity index (χ1v) is 6.94. The van der Waals surface area contributed by atoms with Crippen LogP contribution in [-0.2, 0) is 14.1 Å². The summed E-state index contributed by atoms with van der Waals surface area (Å²) in [7, 11) is 5.47. The molecule has 0 saturated heterocycles. The maximum Gasteiger partial charge on any atom is 0.143 e. The van der Waals surface area contributed by atoms with Gasteiger partial charge in [0.2, 0.25) is 0 Å². The van der Waals surface area contributed by atoms with Crippen LogP contribution in [0.25, 0.3) is 22.2 Å². The largest absolute Gasteiger partial charge is 0.495 e. The van der Waals surface area contributed by atoms with Crippen LogP contribution < -0.4 is 10.5 Å². The molecule has 2 N–H and O–H groups in total. The summed E-state index contributed by atoms with van der Waals surface area (Å²) in [4.78, 5) is 0. The van der Waals surface area contributed by atoms with Gasteiger partial charge in [0.15, 0.2) is 0 Å². The van der Waals surface area contributed by atoms with Crippen molar-refractivity contribution in [2.75, 3.05) is 12.8 Å². The van der Waals surface area contributed by atoms with Crippen LogP contribution in [0, 0.1) is 6.92 Å². The highest BCUT2D eigenvalue weighted by atomic mass is 35.5. The summed E-state index contributed by atoms with van der Waals surface area (Å²) in [5, 5.41) is 6.09. The van der Waals surface area contributed by atoms with Crippen molar-refractivity contribution >= 4 is 28.3 Å². The molecule has 0 atom stereocenters. The van der Waals surface area contributed by atoms with Crippen molar-refractivity contribution in [1.82, 2.24) is 14.3 Å². The minimum absolute atomic E-state index is 0.612. The number of benzene rings is 1. The van der Waals surface area contributed by atoms with Gasteiger partial charge in [0.1, 0.15) is 11.6 Å². The predicted octanol–water partition coefficient (Wildman–Crippen LogP) is 3.13. The van der Waals surface area contributed by atoms with E-state index >= 15 is 0 Å². The Kier molecular flexibility index (Phi) is 3.10. The average Bonchev–Trinajstić information content (AvgIpc) is 2.91. The Balaban J connectivity index is 2.46. The van der Waals surface area contributed by atoms with Crippen molar-refractivity contribution in [3.63, 3.8) is 0 Å². The topological polar surface area (TPSA) is 58.0 Å². The van der Waals surface area contributed by atoms with Crippen LogP contribution in [0.5, 0.6) is 5.75 Å². The van der Waals surface area contributed by atoms with Gasteiger partial charge in [-0.1, -0.05) is 11.6 Å². The zero-order valence-electron chi connectivity index (χ0n) is 12.4. The van der Waals surface area contributed by atoms with Gasteiger partial charge < -0.3 is 15.0 Å². The van der Waals surface area contributed by atoms with Gasteiger partial charge in [-0.3, -0.25) is 4.68 Å². The predicted molar refractivity (Wildman–Crippen MR) is 85.8 cm³/mol. The monoisotopic (exact) mass is 304 g/mol. The standard InChI is InChI=1S/C15H17ClN4O/c1-8-13(10-7-12(17)20(3)18-10)14-9(16)5-6-11(21-4)15(14)19(8)2/h5-7H,17H2,1-4H3. The summed E-state index contributed by atoms with van der Waals surface area (Å²) in [5.74, 6) is 1.40. The van der Waals surface area contributed by atoms with Gasteiger partial charge in [0.25, 0.3) is 0 Å². The van der Waals surface area contributed by atoms with Crippen molar-refractivity contribution in [3.8, 4) is 17.0 Å². The number of ether oxygens (including phenoxy) is 1. The van der Waals surface area contributed by atoms with Gasteiger partial charge in [-0.05, 0) is 19.1 Å². The van der Waals surface area contributed by atoms with Gasteiger partial charge in [-0.15, -0.1) is 0 Å². The molecular formula is C15H17ClN4O. The molecule has 0 saturated carbocycles. The van der Waals surface area contributed by atoms with Crippen molar-refractivity contribution in [2.45, 2.75) is 6.92 Å². The van der Waals surface area contributed by atoms with Gasteiger partial charge in [-0.25, -0.2) is 0 Å². The molecule has 0 bridgehead atoms. The highest BCUT2D eigenvalue weighted by Gasteiger charge is 2.21. The van der Waals surface area contributed by atoms with Crippen LogP contribution in [0.2, 0.25) is 5.02 Å². The zero-order chi connectivity index (χ0) is 15.3. The second kappa shape index (κ2) is 4.70. The minimum atomic E-state index is 0.612. The Bertz CT molecular complexity index is 828. The molecule has 0 unspecified atom stereocenters. The van der Waals surface area contributed by atoms with E-state index in [4.69, 9.17) is 22.1 Å². The fourth-order valence-electron chi connectivity index (χ4n) is 2.72. The fraction of sp³-hybridized carbons (Fsp3) is 0.267. The Labute approximate surface area is 127 Å². The highest BCUT2D eigenvalue weighted by Crippen LogP contribution is 2.41. The van der Waals surface area contributed by atoms with Crippen molar-refractivity contribution in [3.05, 3.63) is 28.9 Å². The molecule has 21 heavy (non-hydrogen) atoms. The van der Waals surface area contributed by atoms with Crippen LogP contribution >= 0.6 is 11.6 Å². The Morgan fingerprint density at radius 2 is 2.00 bits per heavy atom. The summed E-state index contributed by atoms with van der Waals surface area (Å²) in [6, 6.07) is 5.58. The van der Waals surface area contributed by atoms with E-state index in [9.17, 15) is 0 Å². The lowest BCUT2D eigenvalue weighted by Gasteiger charge is -2.06. The summed E-state index contributed by atoms with van der Waals surface area (Å²) < 4.78 is 9.19. The van der Waals surface area contributed by atoms with Crippen LogP contribution in [0.15, 0.2) is 18.2 Å². The van der Waals surface area contributed by atoms with Crippen molar-refractivity contribution in [1.29, 1.82) is 0 Å². The molecule has 110 valence electrons. The van der Waals surface area contributed by atoms with Gasteiger partial charge >= 0.3 is 0 Å². The van der Waals surface area contributed by atoms with Gasteiger partial charge in [-0.2, -0.15) is 5.10 Å². The number of aryl methyl sites for hydroxylation is 2. The maximum absolute atomic E-state index is 6.44. The number of anilines is 1. The number of fused-ring (bicyclic) bond motifs is 1. The summed E-state index contributed by atoms with van der Waals surface area (Å²) in [6.07, 6.45) is 0. The molecule has 1 aromatic carbocycles. The van der Waals surface area contributed by atoms with Crippen molar-refractivity contribution < 1.29 is 4.74 Å². The van der Waals surface area contributed by atoms with Crippen molar-refractivity contribution in [2.24, 2.45) is 14.1 Å². The molecule has 0 spiro atoms. The zero-order valence-corrected chi connectivity index (χ0v) is 13.2. The number of hydrogen-bond donors (Lipinski definition) is 1. The molecule has 0 radical (unpaired) electrons. The first-order valence-electron chi connectivity index (χ1n) is 6.57. The maximum atomic E-state index is 6.44. The molecule has 0 aliphatic heterocycles. The van der Waals surface area contributed by atoms with E-state index in [0.717, 1.165) is 33.6 Å². The summed E-state index contributed by atoms with van der Waals surface area (Å²) >= 11 is 6.44. The molecule has 6 heteroatoms. The number of nitrogens with two attached hydrogens (primary N) is 1. The van der Waals surface area contributed by atoms with E-state index < -0.39 is 0 Å². The number of hydrogen-bond acceptors (Lipinski definition) is 3. The number of aromatic nitrogens is 3. The van der Waals surface area contributed by atoms with Crippen LogP contribution in [0.3, 0.4) is 0 Å². The number of halogens is 1. The summed E-state index contributed by atoms with van der Waals surface area (Å²) in [5.41, 5.74) is 9.74. The molecule has 0 aliphatic rings. The average molecular weight is 305 g/mol. The van der Waals surface area contributed by atoms with Gasteiger partial charge in [0, 0.05) is 36.8 Å². The SMILES string of the molecule is COc1ccc(Cl)c2c(-c3cc(N)n(C)n3)c(C)n(C)c12. The highest BCUT2D eigenvalue weighted by molar-refractivity contribution is 6.37. The lowest BCUT2D eigenvalue weighted by Crippen LogP contribution is -1.96. The molecular weight excluding hydrogens is 288 g/mol. The second-order valence-electron chi connectivity index (χ2n) is 5.07. The second-order valence-corrected chi connectivity index (χ2v) is 5.48. The smallest absolute Gasteiger partial charge is 0.143 e. The lowest BCUT2D eigenvalue weighted by atomic mass is 10.1. The van der Waals surface area contributed by atoms with E-state index in [0.29, 0.717) is 10.8 Å². The van der Waals surface area contributed by atoms with E-state index in [2.05, 4.69) is 9.67 Å². The number of nitrogen functional groups attached to an aromatic ring is 1. The molecule has 3 aromatic rings. The normalized spacial score (nSPS) is 11.3. The quantitative estimate of drug-likeness (QED) is 0.791. The third-order valence-electron chi connectivity index (χ3n) is 3.93. The fourth-order valence-corrected chi connectivity index (χ4v) is 2.96. The molecule has 0 aliphatic carbocycles. The Morgan fingerprint density at radius 1 is 1.29 bits per heavy atom. The molecule has 5 nitrogen and oxygen atoms in total. The number of methoxy groups -OCH3 is 1. The van der Waals surface area contributed by atoms with Crippen LogP contribution in [-0.4, -0.2) is 21.5 Å². The number of rotatable bonds is 2. The third-order valence-corrected chi connectivity index (χ3v) is 4.25. The molecule has 2 heterocycles. The molecule has 3 rings (SSSR count). The van der Waals surface area contributed by atoms with Gasteiger partial charge in [0.05, 0.1) is 23.3 Å². The van der Waals surface area contributed by atoms with E-state index in [-0.39, 0.29) is 0 Å².